The van der Waals surface area contributed by atoms with Crippen LogP contribution in [-0.2, 0) is 4.79 Å². The Labute approximate surface area is 195 Å². The van der Waals surface area contributed by atoms with E-state index in [2.05, 4.69) is 21.2 Å². The molecule has 33 heavy (non-hydrogen) atoms. The van der Waals surface area contributed by atoms with Crippen LogP contribution in [0.3, 0.4) is 0 Å². The minimum atomic E-state index is -0.0699. The van der Waals surface area contributed by atoms with Crippen LogP contribution in [0.1, 0.15) is 24.0 Å². The summed E-state index contributed by atoms with van der Waals surface area (Å²) < 4.78 is 11.0. The standard InChI is InChI=1S/C26H30N4O3/c1-32-24-8-9-25-21(17-24)16-22(19-33-25)26(31)28-10-2-3-11-29-12-14-30(15-13-29)23-6-4-20(18-27)5-7-23/h4-9,16-17H,2-3,10-15,19H2,1H3,(H,28,31). The van der Waals surface area contributed by atoms with Crippen molar-refractivity contribution in [3.8, 4) is 17.6 Å². The minimum Gasteiger partial charge on any atom is -0.497 e. The molecule has 7 heteroatoms. The molecule has 2 aliphatic heterocycles. The molecule has 0 spiro atoms. The number of nitrogens with one attached hydrogen (secondary N) is 1. The number of nitriles is 1. The Bertz CT molecular complexity index is 1030. The number of rotatable bonds is 8. The molecule has 0 unspecified atom stereocenters. The van der Waals surface area contributed by atoms with Gasteiger partial charge in [0.15, 0.2) is 0 Å². The van der Waals surface area contributed by atoms with Gasteiger partial charge in [-0.1, -0.05) is 0 Å². The number of carbonyl (C=O) groups is 1. The normalized spacial score (nSPS) is 15.6. The Hall–Kier alpha value is -3.50. The van der Waals surface area contributed by atoms with Gasteiger partial charge in [0.1, 0.15) is 18.1 Å². The molecule has 0 radical (unpaired) electrons. The van der Waals surface area contributed by atoms with Gasteiger partial charge in [0.25, 0.3) is 5.91 Å². The second-order valence-electron chi connectivity index (χ2n) is 8.31. The molecule has 172 valence electrons. The lowest BCUT2D eigenvalue weighted by Crippen LogP contribution is -2.46. The second kappa shape index (κ2) is 10.9. The third-order valence-electron chi connectivity index (χ3n) is 6.14. The minimum absolute atomic E-state index is 0.0699. The van der Waals surface area contributed by atoms with E-state index < -0.39 is 0 Å². The molecule has 1 N–H and O–H groups in total. The van der Waals surface area contributed by atoms with E-state index in [1.54, 1.807) is 7.11 Å². The van der Waals surface area contributed by atoms with Gasteiger partial charge >= 0.3 is 0 Å². The zero-order chi connectivity index (χ0) is 23.0. The predicted molar refractivity (Wildman–Crippen MR) is 129 cm³/mol. The monoisotopic (exact) mass is 446 g/mol. The van der Waals surface area contributed by atoms with Crippen molar-refractivity contribution >= 4 is 17.7 Å². The molecule has 2 heterocycles. The fraction of sp³-hybridized carbons (Fsp3) is 0.385. The van der Waals surface area contributed by atoms with Crippen LogP contribution in [0.5, 0.6) is 11.5 Å². The molecule has 2 aliphatic rings. The average molecular weight is 447 g/mol. The van der Waals surface area contributed by atoms with E-state index in [9.17, 15) is 4.79 Å². The third-order valence-corrected chi connectivity index (χ3v) is 6.14. The average Bonchev–Trinajstić information content (AvgIpc) is 2.88. The van der Waals surface area contributed by atoms with E-state index in [1.165, 1.54) is 5.69 Å². The largest absolute Gasteiger partial charge is 0.497 e. The van der Waals surface area contributed by atoms with Gasteiger partial charge in [0.2, 0.25) is 0 Å². The Morgan fingerprint density at radius 2 is 1.91 bits per heavy atom. The van der Waals surface area contributed by atoms with Gasteiger partial charge in [-0.3, -0.25) is 9.69 Å². The number of carbonyl (C=O) groups excluding carboxylic acids is 1. The van der Waals surface area contributed by atoms with E-state index in [-0.39, 0.29) is 12.5 Å². The highest BCUT2D eigenvalue weighted by atomic mass is 16.5. The number of amides is 1. The molecule has 0 atom stereocenters. The molecule has 7 nitrogen and oxygen atoms in total. The van der Waals surface area contributed by atoms with Crippen LogP contribution in [0.25, 0.3) is 6.08 Å². The smallest absolute Gasteiger partial charge is 0.250 e. The molecule has 2 aromatic carbocycles. The number of unbranched alkanes of at least 4 members (excludes halogenated alkanes) is 1. The van der Waals surface area contributed by atoms with E-state index in [1.807, 2.05) is 48.5 Å². The summed E-state index contributed by atoms with van der Waals surface area (Å²) in [5, 5.41) is 12.0. The number of fused-ring (bicyclic) bond motifs is 1. The molecule has 0 saturated carbocycles. The summed E-state index contributed by atoms with van der Waals surface area (Å²) in [6.07, 6.45) is 3.87. The first-order valence-corrected chi connectivity index (χ1v) is 11.4. The second-order valence-corrected chi connectivity index (χ2v) is 8.31. The van der Waals surface area contributed by atoms with Gasteiger partial charge in [-0.25, -0.2) is 0 Å². The lowest BCUT2D eigenvalue weighted by molar-refractivity contribution is -0.117. The number of methoxy groups -OCH3 is 1. The van der Waals surface area contributed by atoms with E-state index >= 15 is 0 Å². The number of nitrogens with zero attached hydrogens (tertiary/aromatic N) is 3. The maximum atomic E-state index is 12.5. The van der Waals surface area contributed by atoms with Crippen molar-refractivity contribution < 1.29 is 14.3 Å². The first kappa shape index (κ1) is 22.7. The van der Waals surface area contributed by atoms with Crippen LogP contribution in [0, 0.1) is 11.3 Å². The first-order chi connectivity index (χ1) is 16.2. The van der Waals surface area contributed by atoms with Crippen molar-refractivity contribution in [1.29, 1.82) is 5.26 Å². The van der Waals surface area contributed by atoms with Crippen LogP contribution in [0.2, 0.25) is 0 Å². The van der Waals surface area contributed by atoms with Gasteiger partial charge in [-0.05, 0) is 67.9 Å². The van der Waals surface area contributed by atoms with Crippen molar-refractivity contribution in [3.63, 3.8) is 0 Å². The molecular formula is C26H30N4O3. The summed E-state index contributed by atoms with van der Waals surface area (Å²) >= 11 is 0. The van der Waals surface area contributed by atoms with Crippen LogP contribution in [0.15, 0.2) is 48.0 Å². The van der Waals surface area contributed by atoms with Crippen LogP contribution < -0.4 is 19.7 Å². The molecule has 2 aromatic rings. The number of piperazine rings is 1. The summed E-state index contributed by atoms with van der Waals surface area (Å²) in [6.45, 7) is 6.02. The highest BCUT2D eigenvalue weighted by Gasteiger charge is 2.18. The molecule has 0 aromatic heterocycles. The maximum absolute atomic E-state index is 12.5. The predicted octanol–water partition coefficient (Wildman–Crippen LogP) is 3.06. The van der Waals surface area contributed by atoms with E-state index in [0.29, 0.717) is 17.7 Å². The lowest BCUT2D eigenvalue weighted by atomic mass is 10.1. The molecule has 1 amide bonds. The summed E-state index contributed by atoms with van der Waals surface area (Å²) in [4.78, 5) is 17.4. The van der Waals surface area contributed by atoms with Crippen molar-refractivity contribution in [2.24, 2.45) is 0 Å². The quantitative estimate of drug-likeness (QED) is 0.628. The zero-order valence-electron chi connectivity index (χ0n) is 19.0. The van der Waals surface area contributed by atoms with Crippen molar-refractivity contribution in [2.45, 2.75) is 12.8 Å². The zero-order valence-corrected chi connectivity index (χ0v) is 19.0. The molecule has 4 rings (SSSR count). The third kappa shape index (κ3) is 5.85. The maximum Gasteiger partial charge on any atom is 0.250 e. The molecule has 0 bridgehead atoms. The Morgan fingerprint density at radius 3 is 2.64 bits per heavy atom. The lowest BCUT2D eigenvalue weighted by Gasteiger charge is -2.36. The van der Waals surface area contributed by atoms with Gasteiger partial charge in [0.05, 0.1) is 24.3 Å². The van der Waals surface area contributed by atoms with E-state index in [4.69, 9.17) is 14.7 Å². The van der Waals surface area contributed by atoms with Crippen molar-refractivity contribution in [1.82, 2.24) is 10.2 Å². The highest BCUT2D eigenvalue weighted by molar-refractivity contribution is 5.99. The van der Waals surface area contributed by atoms with Crippen molar-refractivity contribution in [2.75, 3.05) is 57.9 Å². The highest BCUT2D eigenvalue weighted by Crippen LogP contribution is 2.29. The van der Waals surface area contributed by atoms with Gasteiger partial charge in [-0.2, -0.15) is 5.26 Å². The summed E-state index contributed by atoms with van der Waals surface area (Å²) in [5.74, 6) is 1.44. The fourth-order valence-electron chi connectivity index (χ4n) is 4.17. The van der Waals surface area contributed by atoms with Gasteiger partial charge < -0.3 is 19.7 Å². The number of benzene rings is 2. The summed E-state index contributed by atoms with van der Waals surface area (Å²) in [7, 11) is 1.62. The Kier molecular flexibility index (Phi) is 7.48. The van der Waals surface area contributed by atoms with Gasteiger partial charge in [-0.15, -0.1) is 0 Å². The van der Waals surface area contributed by atoms with Crippen LogP contribution >= 0.6 is 0 Å². The number of hydrogen-bond acceptors (Lipinski definition) is 6. The summed E-state index contributed by atoms with van der Waals surface area (Å²) in [5.41, 5.74) is 3.38. The molecule has 0 aliphatic carbocycles. The fourth-order valence-corrected chi connectivity index (χ4v) is 4.17. The van der Waals surface area contributed by atoms with E-state index in [0.717, 1.165) is 62.6 Å². The molecule has 1 fully saturated rings. The number of hydrogen-bond donors (Lipinski definition) is 1. The molecular weight excluding hydrogens is 416 g/mol. The summed E-state index contributed by atoms with van der Waals surface area (Å²) in [6, 6.07) is 15.6. The van der Waals surface area contributed by atoms with Crippen molar-refractivity contribution in [3.05, 3.63) is 59.2 Å². The topological polar surface area (TPSA) is 77.8 Å². The first-order valence-electron chi connectivity index (χ1n) is 11.4. The Balaban J connectivity index is 1.14. The SMILES string of the molecule is COc1ccc2c(c1)C=C(C(=O)NCCCCN1CCN(c3ccc(C#N)cc3)CC1)CO2. The molecule has 1 saturated heterocycles. The van der Waals surface area contributed by atoms with Crippen LogP contribution in [0.4, 0.5) is 5.69 Å². The van der Waals surface area contributed by atoms with Crippen LogP contribution in [-0.4, -0.2) is 63.8 Å². The number of anilines is 1. The number of ether oxygens (including phenoxy) is 2. The van der Waals surface area contributed by atoms with Gasteiger partial charge in [0, 0.05) is 44.0 Å². The Morgan fingerprint density at radius 1 is 1.12 bits per heavy atom.